The predicted molar refractivity (Wildman–Crippen MR) is 113 cm³/mol. The van der Waals surface area contributed by atoms with Crippen molar-refractivity contribution in [3.63, 3.8) is 0 Å². The number of carbonyl (C=O) groups is 1. The minimum Gasteiger partial charge on any atom is -0.303 e. The molecule has 6 atom stereocenters. The Labute approximate surface area is 180 Å². The smallest absolute Gasteiger partial charge is 0.303 e. The highest BCUT2D eigenvalue weighted by Crippen LogP contribution is 2.49. The molecule has 5 heteroatoms. The van der Waals surface area contributed by atoms with Gasteiger partial charge in [0.25, 0.3) is 0 Å². The highest BCUT2D eigenvalue weighted by Gasteiger charge is 2.48. The van der Waals surface area contributed by atoms with Gasteiger partial charge in [-0.3, -0.25) is 4.90 Å². The quantitative estimate of drug-likeness (QED) is 0.468. The van der Waals surface area contributed by atoms with Crippen LogP contribution in [0.1, 0.15) is 84.0 Å². The summed E-state index contributed by atoms with van der Waals surface area (Å²) in [6.45, 7) is 4.11. The second-order valence-corrected chi connectivity index (χ2v) is 11.2. The Morgan fingerprint density at radius 2 is 1.67 bits per heavy atom. The number of aldehydes is 1. The van der Waals surface area contributed by atoms with E-state index in [-0.39, 0.29) is 5.92 Å². The molecule has 0 radical (unpaired) electrons. The first-order valence-corrected chi connectivity index (χ1v) is 12.6. The molecule has 0 aromatic heterocycles. The number of alkyl halides is 3. The Morgan fingerprint density at radius 1 is 0.933 bits per heavy atom. The molecule has 4 rings (SSSR count). The lowest BCUT2D eigenvalue weighted by atomic mass is 9.66. The second-order valence-electron chi connectivity index (χ2n) is 11.2. The van der Waals surface area contributed by atoms with Gasteiger partial charge in [-0.1, -0.05) is 26.2 Å². The Balaban J connectivity index is 1.38. The number of fused-ring (bicyclic) bond motifs is 1. The molecule has 0 aromatic carbocycles. The van der Waals surface area contributed by atoms with E-state index >= 15 is 0 Å². The summed E-state index contributed by atoms with van der Waals surface area (Å²) in [6.07, 6.45) is 9.08. The molecule has 4 aliphatic rings. The summed E-state index contributed by atoms with van der Waals surface area (Å²) >= 11 is 0. The summed E-state index contributed by atoms with van der Waals surface area (Å²) in [5, 5.41) is 0. The van der Waals surface area contributed by atoms with Gasteiger partial charge in [-0.05, 0) is 86.9 Å². The number of hydrogen-bond donors (Lipinski definition) is 0. The molecule has 0 aromatic rings. The molecule has 172 valence electrons. The monoisotopic (exact) mass is 427 g/mol. The number of rotatable bonds is 5. The summed E-state index contributed by atoms with van der Waals surface area (Å²) in [4.78, 5) is 13.9. The predicted octanol–water partition coefficient (Wildman–Crippen LogP) is 6.49. The number of nitrogens with zero attached hydrogens (tertiary/aromatic N) is 1. The van der Waals surface area contributed by atoms with Crippen LogP contribution >= 0.6 is 0 Å². The lowest BCUT2D eigenvalue weighted by molar-refractivity contribution is -0.186. The Hall–Kier alpha value is -0.580. The number of likely N-dealkylation sites (tertiary alicyclic amines) is 1. The van der Waals surface area contributed by atoms with Gasteiger partial charge < -0.3 is 4.79 Å². The summed E-state index contributed by atoms with van der Waals surface area (Å²) in [6, 6.07) is 0.500. The van der Waals surface area contributed by atoms with Crippen molar-refractivity contribution in [3.8, 4) is 0 Å². The van der Waals surface area contributed by atoms with E-state index in [0.717, 1.165) is 43.6 Å². The zero-order valence-electron chi connectivity index (χ0n) is 18.6. The van der Waals surface area contributed by atoms with Crippen LogP contribution in [0.25, 0.3) is 0 Å². The largest absolute Gasteiger partial charge is 0.391 e. The molecular weight excluding hydrogens is 387 g/mol. The van der Waals surface area contributed by atoms with Gasteiger partial charge in [0.1, 0.15) is 6.29 Å². The van der Waals surface area contributed by atoms with Crippen molar-refractivity contribution in [2.75, 3.05) is 13.1 Å². The van der Waals surface area contributed by atoms with E-state index in [0.29, 0.717) is 43.6 Å². The van der Waals surface area contributed by atoms with Gasteiger partial charge in [0, 0.05) is 25.6 Å². The van der Waals surface area contributed by atoms with Crippen LogP contribution in [0.5, 0.6) is 0 Å². The molecular formula is C25H40F3NO. The third-order valence-corrected chi connectivity index (χ3v) is 9.31. The fraction of sp³-hybridized carbons (Fsp3) is 0.960. The lowest BCUT2D eigenvalue weighted by Crippen LogP contribution is -2.42. The molecule has 3 aliphatic carbocycles. The van der Waals surface area contributed by atoms with Crippen LogP contribution in [0.4, 0.5) is 13.2 Å². The number of hydrogen-bond acceptors (Lipinski definition) is 2. The summed E-state index contributed by atoms with van der Waals surface area (Å²) in [7, 11) is 0. The maximum Gasteiger partial charge on any atom is 0.391 e. The van der Waals surface area contributed by atoms with E-state index in [2.05, 4.69) is 11.8 Å². The Morgan fingerprint density at radius 3 is 2.37 bits per heavy atom. The van der Waals surface area contributed by atoms with Crippen molar-refractivity contribution in [1.82, 2.24) is 4.90 Å². The van der Waals surface area contributed by atoms with Crippen molar-refractivity contribution in [2.24, 2.45) is 41.4 Å². The van der Waals surface area contributed by atoms with Gasteiger partial charge >= 0.3 is 6.18 Å². The van der Waals surface area contributed by atoms with Crippen LogP contribution in [-0.4, -0.2) is 36.5 Å². The van der Waals surface area contributed by atoms with Gasteiger partial charge in [-0.15, -0.1) is 0 Å². The molecule has 4 fully saturated rings. The normalized spacial score (nSPS) is 43.3. The highest BCUT2D eigenvalue weighted by atomic mass is 19.4. The zero-order chi connectivity index (χ0) is 21.3. The zero-order valence-corrected chi connectivity index (χ0v) is 18.6. The first-order chi connectivity index (χ1) is 14.3. The van der Waals surface area contributed by atoms with Crippen molar-refractivity contribution >= 4 is 6.29 Å². The van der Waals surface area contributed by atoms with Crippen molar-refractivity contribution in [2.45, 2.75) is 96.2 Å². The third kappa shape index (κ3) is 5.07. The van der Waals surface area contributed by atoms with Crippen molar-refractivity contribution in [3.05, 3.63) is 0 Å². The first-order valence-electron chi connectivity index (χ1n) is 12.6. The van der Waals surface area contributed by atoms with Gasteiger partial charge in [0.15, 0.2) is 0 Å². The van der Waals surface area contributed by atoms with E-state index in [1.54, 1.807) is 0 Å². The molecule has 2 nitrogen and oxygen atoms in total. The molecule has 0 spiro atoms. The molecule has 30 heavy (non-hydrogen) atoms. The molecule has 0 bridgehead atoms. The van der Waals surface area contributed by atoms with Crippen LogP contribution in [0.15, 0.2) is 0 Å². The van der Waals surface area contributed by atoms with Crippen molar-refractivity contribution in [1.29, 1.82) is 0 Å². The minimum atomic E-state index is -4.04. The molecule has 0 amide bonds. The van der Waals surface area contributed by atoms with Gasteiger partial charge in [0.2, 0.25) is 0 Å². The van der Waals surface area contributed by atoms with E-state index in [1.165, 1.54) is 44.9 Å². The van der Waals surface area contributed by atoms with Gasteiger partial charge in [-0.25, -0.2) is 0 Å². The molecule has 3 saturated carbocycles. The van der Waals surface area contributed by atoms with Crippen molar-refractivity contribution < 1.29 is 18.0 Å². The fourth-order valence-electron chi connectivity index (χ4n) is 7.61. The van der Waals surface area contributed by atoms with Gasteiger partial charge in [0.05, 0.1) is 5.92 Å². The second kappa shape index (κ2) is 9.50. The highest BCUT2D eigenvalue weighted by molar-refractivity contribution is 5.50. The minimum absolute atomic E-state index is 0.165. The number of halogens is 3. The maximum atomic E-state index is 13.3. The topological polar surface area (TPSA) is 20.3 Å². The molecule has 6 unspecified atom stereocenters. The van der Waals surface area contributed by atoms with Gasteiger partial charge in [-0.2, -0.15) is 13.2 Å². The molecule has 1 saturated heterocycles. The van der Waals surface area contributed by atoms with Crippen LogP contribution in [0.2, 0.25) is 0 Å². The van der Waals surface area contributed by atoms with Crippen LogP contribution in [0.3, 0.4) is 0 Å². The fourth-order valence-corrected chi connectivity index (χ4v) is 7.61. The Kier molecular flexibility index (Phi) is 7.16. The summed E-state index contributed by atoms with van der Waals surface area (Å²) < 4.78 is 39.8. The van der Waals surface area contributed by atoms with Crippen LogP contribution < -0.4 is 0 Å². The van der Waals surface area contributed by atoms with E-state index < -0.39 is 12.1 Å². The van der Waals surface area contributed by atoms with E-state index in [4.69, 9.17) is 0 Å². The SMILES string of the molecule is CC1CCC(C2CCC3C(C2)C(CC=O)CN3CC2CCCC(C(F)(F)F)C2)CC1. The lowest BCUT2D eigenvalue weighted by Gasteiger charge is -2.42. The number of carbonyl (C=O) groups excluding carboxylic acids is 1. The first kappa shape index (κ1) is 22.6. The third-order valence-electron chi connectivity index (χ3n) is 9.31. The van der Waals surface area contributed by atoms with E-state index in [9.17, 15) is 18.0 Å². The van der Waals surface area contributed by atoms with Crippen LogP contribution in [0, 0.1) is 41.4 Å². The molecule has 0 N–H and O–H groups in total. The average Bonchev–Trinajstić information content (AvgIpc) is 3.05. The standard InChI is InChI=1S/C25H40F3NO/c1-17-5-7-19(8-6-17)20-9-10-24-23(14-20)21(11-12-30)16-29(24)15-18-3-2-4-22(13-18)25(26,27)28/h12,17-24H,2-11,13-16H2,1H3. The maximum absolute atomic E-state index is 13.3. The van der Waals surface area contributed by atoms with E-state index in [1.807, 2.05) is 0 Å². The molecule has 1 heterocycles. The average molecular weight is 428 g/mol. The molecule has 1 aliphatic heterocycles. The summed E-state index contributed by atoms with van der Waals surface area (Å²) in [5.41, 5.74) is 0. The van der Waals surface area contributed by atoms with Crippen LogP contribution in [-0.2, 0) is 4.79 Å². The Bertz CT molecular complexity index is 571. The summed E-state index contributed by atoms with van der Waals surface area (Å²) in [5.74, 6) is 2.59.